The fourth-order valence-electron chi connectivity index (χ4n) is 2.06. The van der Waals surface area contributed by atoms with Crippen LogP contribution in [0.2, 0.25) is 0 Å². The highest BCUT2D eigenvalue weighted by molar-refractivity contribution is 7.90. The van der Waals surface area contributed by atoms with E-state index in [4.69, 9.17) is 0 Å². The summed E-state index contributed by atoms with van der Waals surface area (Å²) in [5.74, 6) is 0.342. The minimum absolute atomic E-state index is 0.290. The maximum Gasteiger partial charge on any atom is 0.147 e. The molecule has 0 unspecified atom stereocenters. The first-order valence-corrected chi connectivity index (χ1v) is 6.79. The highest BCUT2D eigenvalue weighted by Gasteiger charge is 2.39. The molecule has 1 saturated heterocycles. The number of hydrogen-bond acceptors (Lipinski definition) is 3. The molecule has 3 nitrogen and oxygen atoms in total. The molecule has 0 N–H and O–H groups in total. The van der Waals surface area contributed by atoms with E-state index in [0.29, 0.717) is 5.75 Å². The highest BCUT2D eigenvalue weighted by atomic mass is 32.2. The smallest absolute Gasteiger partial charge is 0.147 e. The zero-order chi connectivity index (χ0) is 10.1. The van der Waals surface area contributed by atoms with Gasteiger partial charge in [-0.2, -0.15) is 0 Å². The van der Waals surface area contributed by atoms with Crippen molar-refractivity contribution in [1.29, 1.82) is 0 Å². The molecule has 1 heterocycles. The van der Waals surface area contributed by atoms with Crippen molar-refractivity contribution in [2.45, 2.75) is 19.8 Å². The van der Waals surface area contributed by atoms with Crippen LogP contribution < -0.4 is 0 Å². The second-order valence-electron chi connectivity index (χ2n) is 4.41. The summed E-state index contributed by atoms with van der Waals surface area (Å²) in [7, 11) is -0.702. The van der Waals surface area contributed by atoms with Gasteiger partial charge >= 0.3 is 0 Å². The molecule has 1 aliphatic heterocycles. The van der Waals surface area contributed by atoms with Crippen LogP contribution in [0.5, 0.6) is 0 Å². The first-order chi connectivity index (χ1) is 5.87. The van der Waals surface area contributed by atoms with Crippen molar-refractivity contribution in [3.05, 3.63) is 0 Å². The number of hydrogen-bond donors (Lipinski definition) is 0. The Balaban J connectivity index is 2.43. The fourth-order valence-corrected chi connectivity index (χ4v) is 2.86. The monoisotopic (exact) mass is 205 g/mol. The van der Waals surface area contributed by atoms with Crippen molar-refractivity contribution in [2.24, 2.45) is 5.41 Å². The summed E-state index contributed by atoms with van der Waals surface area (Å²) in [4.78, 5) is 2.24. The van der Waals surface area contributed by atoms with Gasteiger partial charge in [-0.1, -0.05) is 6.92 Å². The normalized spacial score (nSPS) is 22.7. The van der Waals surface area contributed by atoms with E-state index in [1.54, 1.807) is 0 Å². The van der Waals surface area contributed by atoms with Crippen molar-refractivity contribution in [3.8, 4) is 0 Å². The topological polar surface area (TPSA) is 37.4 Å². The van der Waals surface area contributed by atoms with E-state index in [0.717, 1.165) is 25.9 Å². The van der Waals surface area contributed by atoms with Gasteiger partial charge in [0.2, 0.25) is 0 Å². The third-order valence-electron chi connectivity index (χ3n) is 2.96. The minimum atomic E-state index is -2.78. The summed E-state index contributed by atoms with van der Waals surface area (Å²) in [5, 5.41) is 0. The molecule has 4 heteroatoms. The Bertz CT molecular complexity index is 265. The largest absolute Gasteiger partial charge is 0.305 e. The van der Waals surface area contributed by atoms with E-state index in [9.17, 15) is 8.42 Å². The van der Waals surface area contributed by atoms with Gasteiger partial charge in [-0.25, -0.2) is 8.42 Å². The number of rotatable bonds is 4. The highest BCUT2D eigenvalue weighted by Crippen LogP contribution is 2.36. The Morgan fingerprint density at radius 3 is 2.23 bits per heavy atom. The van der Waals surface area contributed by atoms with Crippen LogP contribution in [0.15, 0.2) is 0 Å². The van der Waals surface area contributed by atoms with E-state index in [1.807, 2.05) is 0 Å². The molecule has 1 rings (SSSR count). The van der Waals surface area contributed by atoms with Crippen LogP contribution in [0, 0.1) is 5.41 Å². The van der Waals surface area contributed by atoms with Gasteiger partial charge in [0.05, 0.1) is 5.75 Å². The SMILES string of the molecule is CCC1(CCS(C)(=O)=O)CN(C)C1. The Kier molecular flexibility index (Phi) is 3.02. The maximum atomic E-state index is 11.0. The lowest BCUT2D eigenvalue weighted by molar-refractivity contribution is 0.0161. The Morgan fingerprint density at radius 1 is 1.38 bits per heavy atom. The average Bonchev–Trinajstić information content (AvgIpc) is 1.94. The van der Waals surface area contributed by atoms with Crippen LogP contribution in [-0.2, 0) is 9.84 Å². The van der Waals surface area contributed by atoms with Crippen molar-refractivity contribution in [1.82, 2.24) is 4.90 Å². The maximum absolute atomic E-state index is 11.0. The predicted molar refractivity (Wildman–Crippen MR) is 54.5 cm³/mol. The van der Waals surface area contributed by atoms with Gasteiger partial charge in [0.1, 0.15) is 9.84 Å². The van der Waals surface area contributed by atoms with Crippen LogP contribution in [0.3, 0.4) is 0 Å². The summed E-state index contributed by atoms with van der Waals surface area (Å²) in [6, 6.07) is 0. The van der Waals surface area contributed by atoms with Gasteiger partial charge < -0.3 is 4.90 Å². The summed E-state index contributed by atoms with van der Waals surface area (Å²) in [5.41, 5.74) is 0.290. The first kappa shape index (κ1) is 11.0. The minimum Gasteiger partial charge on any atom is -0.305 e. The number of likely N-dealkylation sites (tertiary alicyclic amines) is 1. The first-order valence-electron chi connectivity index (χ1n) is 4.73. The lowest BCUT2D eigenvalue weighted by Crippen LogP contribution is -2.54. The van der Waals surface area contributed by atoms with Crippen LogP contribution in [0.25, 0.3) is 0 Å². The molecule has 0 spiro atoms. The molecule has 0 bridgehead atoms. The van der Waals surface area contributed by atoms with E-state index in [1.165, 1.54) is 6.26 Å². The molecule has 0 aliphatic carbocycles. The van der Waals surface area contributed by atoms with Crippen molar-refractivity contribution in [2.75, 3.05) is 32.1 Å². The summed E-state index contributed by atoms with van der Waals surface area (Å²) >= 11 is 0. The van der Waals surface area contributed by atoms with Crippen LogP contribution in [0.1, 0.15) is 19.8 Å². The Labute approximate surface area is 81.0 Å². The van der Waals surface area contributed by atoms with Gasteiger partial charge in [-0.3, -0.25) is 0 Å². The average molecular weight is 205 g/mol. The number of sulfone groups is 1. The standard InChI is InChI=1S/C9H19NO2S/c1-4-9(7-10(2)8-9)5-6-13(3,11)12/h4-8H2,1-3H3. The molecule has 1 fully saturated rings. The van der Waals surface area contributed by atoms with Gasteiger partial charge in [0, 0.05) is 19.3 Å². The van der Waals surface area contributed by atoms with E-state index >= 15 is 0 Å². The summed E-state index contributed by atoms with van der Waals surface area (Å²) in [6.45, 7) is 4.26. The lowest BCUT2D eigenvalue weighted by atomic mass is 9.75. The van der Waals surface area contributed by atoms with E-state index < -0.39 is 9.84 Å². The second kappa shape index (κ2) is 3.58. The molecule has 1 aliphatic rings. The Morgan fingerprint density at radius 2 is 1.92 bits per heavy atom. The molecule has 0 saturated carbocycles. The van der Waals surface area contributed by atoms with Crippen LogP contribution >= 0.6 is 0 Å². The van der Waals surface area contributed by atoms with Crippen LogP contribution in [0.4, 0.5) is 0 Å². The molecule has 0 amide bonds. The fraction of sp³-hybridized carbons (Fsp3) is 1.00. The molecule has 0 atom stereocenters. The van der Waals surface area contributed by atoms with Crippen LogP contribution in [-0.4, -0.2) is 45.5 Å². The van der Waals surface area contributed by atoms with Crippen molar-refractivity contribution in [3.63, 3.8) is 0 Å². The quantitative estimate of drug-likeness (QED) is 0.680. The third kappa shape index (κ3) is 2.95. The van der Waals surface area contributed by atoms with E-state index in [-0.39, 0.29) is 5.41 Å². The van der Waals surface area contributed by atoms with Gasteiger partial charge in [0.15, 0.2) is 0 Å². The zero-order valence-electron chi connectivity index (χ0n) is 8.71. The molecule has 0 aromatic rings. The zero-order valence-corrected chi connectivity index (χ0v) is 9.52. The second-order valence-corrected chi connectivity index (χ2v) is 6.67. The Hall–Kier alpha value is -0.0900. The summed E-state index contributed by atoms with van der Waals surface area (Å²) in [6.07, 6.45) is 3.23. The van der Waals surface area contributed by atoms with Gasteiger partial charge in [-0.05, 0) is 25.3 Å². The third-order valence-corrected chi connectivity index (χ3v) is 3.91. The van der Waals surface area contributed by atoms with E-state index in [2.05, 4.69) is 18.9 Å². The van der Waals surface area contributed by atoms with Crippen molar-refractivity contribution < 1.29 is 8.42 Å². The van der Waals surface area contributed by atoms with Gasteiger partial charge in [0.25, 0.3) is 0 Å². The molecule has 0 aromatic heterocycles. The molecular weight excluding hydrogens is 186 g/mol. The lowest BCUT2D eigenvalue weighted by Gasteiger charge is -2.48. The van der Waals surface area contributed by atoms with Gasteiger partial charge in [-0.15, -0.1) is 0 Å². The summed E-state index contributed by atoms with van der Waals surface area (Å²) < 4.78 is 22.0. The molecule has 13 heavy (non-hydrogen) atoms. The predicted octanol–water partition coefficient (Wildman–Crippen LogP) is 0.763. The molecule has 78 valence electrons. The van der Waals surface area contributed by atoms with Crippen molar-refractivity contribution >= 4 is 9.84 Å². The number of nitrogens with zero attached hydrogens (tertiary/aromatic N) is 1. The molecule has 0 aromatic carbocycles. The molecule has 0 radical (unpaired) electrons. The molecular formula is C9H19NO2S.